The molecule has 3 rings (SSSR count). The molecule has 1 aromatic heterocycles. The first-order valence-electron chi connectivity index (χ1n) is 9.97. The molecule has 154 valence electrons. The standard InChI is InChI=1S/C25H26N2O3/c1-4-22(19-12-10-17(2)11-13-19)26-25(29)23(16-21-9-6-14-30-21)27-24(28)20-8-5-7-18(3)15-20/h5-16,22H,4H2,1-3H3,(H,26,29)(H,27,28)/b23-16-/t22-/m0/s1. The van der Waals surface area contributed by atoms with Crippen LogP contribution in [-0.4, -0.2) is 11.8 Å². The van der Waals surface area contributed by atoms with Gasteiger partial charge in [0, 0.05) is 11.6 Å². The van der Waals surface area contributed by atoms with Gasteiger partial charge in [-0.1, -0.05) is 54.4 Å². The van der Waals surface area contributed by atoms with Crippen molar-refractivity contribution >= 4 is 17.9 Å². The highest BCUT2D eigenvalue weighted by molar-refractivity contribution is 6.05. The Labute approximate surface area is 176 Å². The number of hydrogen-bond acceptors (Lipinski definition) is 3. The molecule has 0 saturated heterocycles. The molecule has 0 radical (unpaired) electrons. The molecule has 2 amide bonds. The van der Waals surface area contributed by atoms with Crippen molar-refractivity contribution in [2.75, 3.05) is 0 Å². The van der Waals surface area contributed by atoms with E-state index in [-0.39, 0.29) is 23.6 Å². The Kier molecular flexibility index (Phi) is 6.86. The van der Waals surface area contributed by atoms with E-state index in [2.05, 4.69) is 10.6 Å². The SMILES string of the molecule is CC[C@H](NC(=O)/C(=C/c1ccco1)NC(=O)c1cccc(C)c1)c1ccc(C)cc1. The summed E-state index contributed by atoms with van der Waals surface area (Å²) in [5, 5.41) is 5.76. The van der Waals surface area contributed by atoms with Crippen LogP contribution in [0.3, 0.4) is 0 Å². The number of carbonyl (C=O) groups is 2. The van der Waals surface area contributed by atoms with Crippen LogP contribution in [0.1, 0.15) is 52.2 Å². The maximum absolute atomic E-state index is 13.1. The Morgan fingerprint density at radius 2 is 1.77 bits per heavy atom. The van der Waals surface area contributed by atoms with Crippen molar-refractivity contribution in [1.82, 2.24) is 10.6 Å². The maximum atomic E-state index is 13.1. The van der Waals surface area contributed by atoms with Crippen LogP contribution in [0.25, 0.3) is 6.08 Å². The second-order valence-corrected chi connectivity index (χ2v) is 7.24. The van der Waals surface area contributed by atoms with E-state index in [0.717, 1.165) is 16.7 Å². The molecule has 0 aliphatic rings. The normalized spacial score (nSPS) is 12.3. The zero-order valence-corrected chi connectivity index (χ0v) is 17.4. The number of nitrogens with one attached hydrogen (secondary N) is 2. The van der Waals surface area contributed by atoms with E-state index in [1.54, 1.807) is 24.3 Å². The molecule has 3 aromatic rings. The summed E-state index contributed by atoms with van der Waals surface area (Å²) in [6.45, 7) is 5.94. The summed E-state index contributed by atoms with van der Waals surface area (Å²) >= 11 is 0. The molecule has 30 heavy (non-hydrogen) atoms. The van der Waals surface area contributed by atoms with Crippen LogP contribution in [0.5, 0.6) is 0 Å². The van der Waals surface area contributed by atoms with Gasteiger partial charge in [-0.2, -0.15) is 0 Å². The average Bonchev–Trinajstić information content (AvgIpc) is 3.25. The van der Waals surface area contributed by atoms with E-state index < -0.39 is 0 Å². The van der Waals surface area contributed by atoms with E-state index in [1.807, 2.05) is 57.2 Å². The number of aryl methyl sites for hydroxylation is 2. The minimum atomic E-state index is -0.375. The Balaban J connectivity index is 1.83. The first-order chi connectivity index (χ1) is 14.5. The van der Waals surface area contributed by atoms with Gasteiger partial charge in [-0.05, 0) is 50.1 Å². The summed E-state index contributed by atoms with van der Waals surface area (Å²) in [4.78, 5) is 25.8. The highest BCUT2D eigenvalue weighted by Crippen LogP contribution is 2.18. The second-order valence-electron chi connectivity index (χ2n) is 7.24. The van der Waals surface area contributed by atoms with Gasteiger partial charge in [0.15, 0.2) is 0 Å². The minimum Gasteiger partial charge on any atom is -0.465 e. The smallest absolute Gasteiger partial charge is 0.268 e. The molecule has 0 saturated carbocycles. The third kappa shape index (κ3) is 5.47. The molecule has 0 aliphatic heterocycles. The van der Waals surface area contributed by atoms with Gasteiger partial charge in [-0.3, -0.25) is 9.59 Å². The van der Waals surface area contributed by atoms with Crippen LogP contribution in [0.4, 0.5) is 0 Å². The Morgan fingerprint density at radius 1 is 1.00 bits per heavy atom. The molecule has 0 aliphatic carbocycles. The van der Waals surface area contributed by atoms with Gasteiger partial charge in [-0.25, -0.2) is 0 Å². The molecule has 5 nitrogen and oxygen atoms in total. The largest absolute Gasteiger partial charge is 0.465 e. The number of carbonyl (C=O) groups excluding carboxylic acids is 2. The molecule has 2 N–H and O–H groups in total. The minimum absolute atomic E-state index is 0.127. The number of hydrogen-bond donors (Lipinski definition) is 2. The van der Waals surface area contributed by atoms with Gasteiger partial charge >= 0.3 is 0 Å². The third-order valence-corrected chi connectivity index (χ3v) is 4.80. The first kappa shape index (κ1) is 21.1. The monoisotopic (exact) mass is 402 g/mol. The molecule has 1 heterocycles. The molecule has 2 aromatic carbocycles. The van der Waals surface area contributed by atoms with Gasteiger partial charge < -0.3 is 15.1 Å². The molecule has 0 unspecified atom stereocenters. The molecule has 1 atom stereocenters. The van der Waals surface area contributed by atoms with Crippen LogP contribution < -0.4 is 10.6 Å². The number of amides is 2. The third-order valence-electron chi connectivity index (χ3n) is 4.80. The predicted octanol–water partition coefficient (Wildman–Crippen LogP) is 4.93. The highest BCUT2D eigenvalue weighted by atomic mass is 16.3. The van der Waals surface area contributed by atoms with Crippen LogP contribution >= 0.6 is 0 Å². The van der Waals surface area contributed by atoms with E-state index in [0.29, 0.717) is 17.7 Å². The van der Waals surface area contributed by atoms with Gasteiger partial charge in [0.05, 0.1) is 12.3 Å². The molecule has 0 fully saturated rings. The van der Waals surface area contributed by atoms with Crippen LogP contribution in [0.2, 0.25) is 0 Å². The number of benzene rings is 2. The van der Waals surface area contributed by atoms with Crippen molar-refractivity contribution in [1.29, 1.82) is 0 Å². The van der Waals surface area contributed by atoms with Crippen molar-refractivity contribution < 1.29 is 14.0 Å². The fourth-order valence-electron chi connectivity index (χ4n) is 3.11. The van der Waals surface area contributed by atoms with Crippen molar-refractivity contribution in [2.45, 2.75) is 33.2 Å². The van der Waals surface area contributed by atoms with Gasteiger partial charge in [0.25, 0.3) is 11.8 Å². The lowest BCUT2D eigenvalue weighted by molar-refractivity contribution is -0.118. The van der Waals surface area contributed by atoms with E-state index in [1.165, 1.54) is 12.3 Å². The summed E-state index contributed by atoms with van der Waals surface area (Å²) in [5.41, 5.74) is 3.75. The summed E-state index contributed by atoms with van der Waals surface area (Å²) < 4.78 is 5.34. The molecule has 0 bridgehead atoms. The Hall–Kier alpha value is -3.60. The van der Waals surface area contributed by atoms with E-state index in [9.17, 15) is 9.59 Å². The van der Waals surface area contributed by atoms with Crippen LogP contribution in [-0.2, 0) is 4.79 Å². The lowest BCUT2D eigenvalue weighted by Crippen LogP contribution is -2.36. The first-order valence-corrected chi connectivity index (χ1v) is 9.97. The molecular formula is C25H26N2O3. The number of rotatable bonds is 7. The summed E-state index contributed by atoms with van der Waals surface area (Å²) in [6, 6.07) is 18.5. The fourth-order valence-corrected chi connectivity index (χ4v) is 3.11. The Morgan fingerprint density at radius 3 is 2.40 bits per heavy atom. The van der Waals surface area contributed by atoms with E-state index >= 15 is 0 Å². The van der Waals surface area contributed by atoms with Crippen molar-refractivity contribution in [3.63, 3.8) is 0 Å². The summed E-state index contributed by atoms with van der Waals surface area (Å²) in [6.07, 6.45) is 3.77. The fraction of sp³-hybridized carbons (Fsp3) is 0.200. The zero-order valence-electron chi connectivity index (χ0n) is 17.4. The predicted molar refractivity (Wildman–Crippen MR) is 118 cm³/mol. The van der Waals surface area contributed by atoms with E-state index in [4.69, 9.17) is 4.42 Å². The van der Waals surface area contributed by atoms with Crippen LogP contribution in [0.15, 0.2) is 77.0 Å². The summed E-state index contributed by atoms with van der Waals surface area (Å²) in [7, 11) is 0. The van der Waals surface area contributed by atoms with Gasteiger partial charge in [0.2, 0.25) is 0 Å². The second kappa shape index (κ2) is 9.74. The zero-order chi connectivity index (χ0) is 21.5. The molecule has 5 heteroatoms. The molecular weight excluding hydrogens is 376 g/mol. The summed E-state index contributed by atoms with van der Waals surface area (Å²) in [5.74, 6) is -0.247. The van der Waals surface area contributed by atoms with Gasteiger partial charge in [0.1, 0.15) is 11.5 Å². The topological polar surface area (TPSA) is 71.3 Å². The van der Waals surface area contributed by atoms with Crippen LogP contribution in [0, 0.1) is 13.8 Å². The molecule has 0 spiro atoms. The Bertz CT molecular complexity index is 1030. The maximum Gasteiger partial charge on any atom is 0.268 e. The number of furan rings is 1. The average molecular weight is 402 g/mol. The van der Waals surface area contributed by atoms with Gasteiger partial charge in [-0.15, -0.1) is 0 Å². The highest BCUT2D eigenvalue weighted by Gasteiger charge is 2.19. The van der Waals surface area contributed by atoms with Crippen molar-refractivity contribution in [2.24, 2.45) is 0 Å². The van der Waals surface area contributed by atoms with Crippen molar-refractivity contribution in [3.05, 3.63) is 101 Å². The quantitative estimate of drug-likeness (QED) is 0.550. The lowest BCUT2D eigenvalue weighted by atomic mass is 10.0. The lowest BCUT2D eigenvalue weighted by Gasteiger charge is -2.19. The van der Waals surface area contributed by atoms with Crippen molar-refractivity contribution in [3.8, 4) is 0 Å².